The fraction of sp³-hybridized carbons (Fsp3) is 0.250. The van der Waals surface area contributed by atoms with Crippen LogP contribution >= 0.6 is 27.5 Å². The highest BCUT2D eigenvalue weighted by Crippen LogP contribution is 2.47. The molecular weight excluding hydrogens is 480 g/mol. The van der Waals surface area contributed by atoms with Crippen LogP contribution in [0.15, 0.2) is 75.7 Å². The predicted molar refractivity (Wildman–Crippen MR) is 125 cm³/mol. The molecule has 4 rings (SSSR count). The molecule has 0 aromatic heterocycles. The summed E-state index contributed by atoms with van der Waals surface area (Å²) in [7, 11) is 0. The Morgan fingerprint density at radius 1 is 1.16 bits per heavy atom. The van der Waals surface area contributed by atoms with Crippen LogP contribution < -0.4 is 10.6 Å². The summed E-state index contributed by atoms with van der Waals surface area (Å²) in [6.45, 7) is 1.96. The quantitative estimate of drug-likeness (QED) is 0.564. The maximum absolute atomic E-state index is 13.2. The van der Waals surface area contributed by atoms with Gasteiger partial charge in [0.1, 0.15) is 5.82 Å². The lowest BCUT2D eigenvalue weighted by Crippen LogP contribution is -2.41. The highest BCUT2D eigenvalue weighted by Gasteiger charge is 2.43. The number of nitrogens with two attached hydrogens (primary N) is 1. The third-order valence-corrected chi connectivity index (χ3v) is 6.36. The Labute approximate surface area is 194 Å². The summed E-state index contributed by atoms with van der Waals surface area (Å²) in [5.41, 5.74) is 9.96. The van der Waals surface area contributed by atoms with Crippen molar-refractivity contribution in [1.29, 1.82) is 0 Å². The monoisotopic (exact) mass is 500 g/mol. The number of Topliss-reactive ketones (excluding diaryl/α,β-unsaturated/α-hetero) is 1. The van der Waals surface area contributed by atoms with E-state index in [1.54, 1.807) is 19.1 Å². The fourth-order valence-corrected chi connectivity index (χ4v) is 4.66. The number of ketones is 1. The molecule has 1 aliphatic heterocycles. The number of esters is 1. The van der Waals surface area contributed by atoms with E-state index in [1.807, 2.05) is 41.3 Å². The SMILES string of the molecule is CCOC(=O)C1=C(N)N(c2ccc(Cl)cc2)C2=C(C(=O)CCC2)[C@H]1c1ccc(Br)cc1. The third-order valence-electron chi connectivity index (χ3n) is 5.58. The number of benzene rings is 2. The van der Waals surface area contributed by atoms with Crippen molar-refractivity contribution in [3.63, 3.8) is 0 Å². The average Bonchev–Trinajstić information content (AvgIpc) is 2.75. The van der Waals surface area contributed by atoms with Gasteiger partial charge in [0.15, 0.2) is 5.78 Å². The van der Waals surface area contributed by atoms with Crippen LogP contribution in [0.2, 0.25) is 5.02 Å². The van der Waals surface area contributed by atoms with Gasteiger partial charge in [-0.2, -0.15) is 0 Å². The topological polar surface area (TPSA) is 72.6 Å². The zero-order chi connectivity index (χ0) is 22.1. The molecule has 0 saturated carbocycles. The zero-order valence-electron chi connectivity index (χ0n) is 17.0. The molecule has 0 amide bonds. The highest BCUT2D eigenvalue weighted by molar-refractivity contribution is 9.10. The Morgan fingerprint density at radius 2 is 1.84 bits per heavy atom. The molecule has 0 saturated heterocycles. The molecule has 2 aliphatic rings. The normalized spacial score (nSPS) is 18.9. The van der Waals surface area contributed by atoms with Crippen LogP contribution in [0.25, 0.3) is 0 Å². The number of ether oxygens (including phenoxy) is 1. The largest absolute Gasteiger partial charge is 0.463 e. The summed E-state index contributed by atoms with van der Waals surface area (Å²) in [5, 5.41) is 0.593. The van der Waals surface area contributed by atoms with Crippen LogP contribution in [-0.4, -0.2) is 18.4 Å². The van der Waals surface area contributed by atoms with Gasteiger partial charge < -0.3 is 10.5 Å². The fourth-order valence-electron chi connectivity index (χ4n) is 4.27. The van der Waals surface area contributed by atoms with Crippen LogP contribution in [-0.2, 0) is 14.3 Å². The van der Waals surface area contributed by atoms with E-state index in [4.69, 9.17) is 22.1 Å². The van der Waals surface area contributed by atoms with Crippen molar-refractivity contribution >= 4 is 45.0 Å². The van der Waals surface area contributed by atoms with Gasteiger partial charge in [-0.1, -0.05) is 39.7 Å². The van der Waals surface area contributed by atoms with E-state index in [0.29, 0.717) is 23.4 Å². The number of nitrogens with zero attached hydrogens (tertiary/aromatic N) is 1. The van der Waals surface area contributed by atoms with Crippen LogP contribution in [0.1, 0.15) is 37.7 Å². The van der Waals surface area contributed by atoms with Crippen molar-refractivity contribution in [2.45, 2.75) is 32.1 Å². The second kappa shape index (κ2) is 8.89. The molecule has 0 radical (unpaired) electrons. The van der Waals surface area contributed by atoms with E-state index < -0.39 is 11.9 Å². The molecule has 2 N–H and O–H groups in total. The van der Waals surface area contributed by atoms with Gasteiger partial charge in [0.05, 0.1) is 18.1 Å². The first kappa shape index (κ1) is 21.7. The number of carbonyl (C=O) groups is 2. The zero-order valence-corrected chi connectivity index (χ0v) is 19.4. The Morgan fingerprint density at radius 3 is 2.48 bits per heavy atom. The Kier molecular flexibility index (Phi) is 6.21. The summed E-state index contributed by atoms with van der Waals surface area (Å²) >= 11 is 9.53. The molecule has 0 unspecified atom stereocenters. The molecule has 1 aliphatic carbocycles. The Bertz CT molecular complexity index is 1090. The van der Waals surface area contributed by atoms with E-state index in [0.717, 1.165) is 27.8 Å². The summed E-state index contributed by atoms with van der Waals surface area (Å²) < 4.78 is 6.29. The summed E-state index contributed by atoms with van der Waals surface area (Å²) in [6.07, 6.45) is 1.86. The predicted octanol–water partition coefficient (Wildman–Crippen LogP) is 5.45. The van der Waals surface area contributed by atoms with Crippen molar-refractivity contribution in [2.24, 2.45) is 5.73 Å². The first-order chi connectivity index (χ1) is 14.9. The lowest BCUT2D eigenvalue weighted by atomic mass is 9.75. The van der Waals surface area contributed by atoms with Gasteiger partial charge in [0, 0.05) is 32.9 Å². The molecule has 160 valence electrons. The van der Waals surface area contributed by atoms with E-state index in [-0.39, 0.29) is 23.8 Å². The molecule has 2 aromatic rings. The molecule has 0 spiro atoms. The standard InChI is InChI=1S/C24H22BrClN2O3/c1-2-31-24(30)22-20(14-6-8-15(25)9-7-14)21-18(4-3-5-19(21)29)28(23(22)27)17-12-10-16(26)11-13-17/h6-13,20H,2-5,27H2,1H3/t20-/m1/s1. The molecule has 31 heavy (non-hydrogen) atoms. The molecule has 7 heteroatoms. The first-order valence-electron chi connectivity index (χ1n) is 10.2. The van der Waals surface area contributed by atoms with Crippen LogP contribution in [0.5, 0.6) is 0 Å². The van der Waals surface area contributed by atoms with E-state index in [1.165, 1.54) is 0 Å². The van der Waals surface area contributed by atoms with Gasteiger partial charge in [-0.3, -0.25) is 9.69 Å². The van der Waals surface area contributed by atoms with Crippen molar-refractivity contribution in [2.75, 3.05) is 11.5 Å². The number of hydrogen-bond acceptors (Lipinski definition) is 5. The smallest absolute Gasteiger partial charge is 0.338 e. The van der Waals surface area contributed by atoms with Gasteiger partial charge in [0.2, 0.25) is 0 Å². The van der Waals surface area contributed by atoms with Gasteiger partial charge in [-0.25, -0.2) is 4.79 Å². The van der Waals surface area contributed by atoms with Crippen LogP contribution in [0.4, 0.5) is 5.69 Å². The van der Waals surface area contributed by atoms with Crippen molar-refractivity contribution in [1.82, 2.24) is 0 Å². The molecule has 1 heterocycles. The second-order valence-electron chi connectivity index (χ2n) is 7.45. The molecule has 5 nitrogen and oxygen atoms in total. The van der Waals surface area contributed by atoms with E-state index in [2.05, 4.69) is 15.9 Å². The number of halogens is 2. The average molecular weight is 502 g/mol. The summed E-state index contributed by atoms with van der Waals surface area (Å²) in [4.78, 5) is 28.1. The number of rotatable bonds is 4. The molecular formula is C24H22BrClN2O3. The Balaban J connectivity index is 1.98. The van der Waals surface area contributed by atoms with Crippen molar-refractivity contribution < 1.29 is 14.3 Å². The first-order valence-corrected chi connectivity index (χ1v) is 11.3. The van der Waals surface area contributed by atoms with Gasteiger partial charge in [-0.05, 0) is 61.7 Å². The van der Waals surface area contributed by atoms with Crippen LogP contribution in [0.3, 0.4) is 0 Å². The number of anilines is 1. The minimum atomic E-state index is -0.571. The molecule has 0 fully saturated rings. The number of hydrogen-bond donors (Lipinski definition) is 1. The maximum atomic E-state index is 13.2. The molecule has 1 atom stereocenters. The lowest BCUT2D eigenvalue weighted by Gasteiger charge is -2.40. The van der Waals surface area contributed by atoms with Crippen LogP contribution in [0, 0.1) is 0 Å². The number of allylic oxidation sites excluding steroid dienone is 2. The maximum Gasteiger partial charge on any atom is 0.338 e. The number of carbonyl (C=O) groups excluding carboxylic acids is 2. The minimum absolute atomic E-state index is 0.0300. The molecule has 2 aromatic carbocycles. The summed E-state index contributed by atoms with van der Waals surface area (Å²) in [5.74, 6) is -0.778. The van der Waals surface area contributed by atoms with E-state index >= 15 is 0 Å². The van der Waals surface area contributed by atoms with Gasteiger partial charge in [0.25, 0.3) is 0 Å². The van der Waals surface area contributed by atoms with Gasteiger partial charge >= 0.3 is 5.97 Å². The second-order valence-corrected chi connectivity index (χ2v) is 8.80. The highest BCUT2D eigenvalue weighted by atomic mass is 79.9. The minimum Gasteiger partial charge on any atom is -0.463 e. The van der Waals surface area contributed by atoms with Crippen molar-refractivity contribution in [3.8, 4) is 0 Å². The van der Waals surface area contributed by atoms with Crippen molar-refractivity contribution in [3.05, 3.63) is 86.3 Å². The molecule has 0 bridgehead atoms. The lowest BCUT2D eigenvalue weighted by molar-refractivity contribution is -0.138. The Hall–Kier alpha value is -2.57. The van der Waals surface area contributed by atoms with E-state index in [9.17, 15) is 9.59 Å². The van der Waals surface area contributed by atoms with Gasteiger partial charge in [-0.15, -0.1) is 0 Å². The third kappa shape index (κ3) is 4.02. The summed E-state index contributed by atoms with van der Waals surface area (Å²) in [6, 6.07) is 14.8.